The molecule has 2 rings (SSSR count). The number of aliphatic imine (C=N–C) groups is 1. The lowest BCUT2D eigenvalue weighted by Crippen LogP contribution is -2.28. The summed E-state index contributed by atoms with van der Waals surface area (Å²) in [4.78, 5) is 22.5. The zero-order valence-electron chi connectivity index (χ0n) is 18.9. The monoisotopic (exact) mass is 437 g/mol. The third kappa shape index (κ3) is 7.03. The third-order valence-electron chi connectivity index (χ3n) is 4.16. The predicted octanol–water partition coefficient (Wildman–Crippen LogP) is 4.62. The van der Waals surface area contributed by atoms with E-state index >= 15 is 0 Å². The molecule has 5 nitrogen and oxygen atoms in total. The molecule has 0 aliphatic carbocycles. The number of nitrogens with zero attached hydrogens (tertiary/aromatic N) is 2. The lowest BCUT2D eigenvalue weighted by Gasteiger charge is -2.22. The summed E-state index contributed by atoms with van der Waals surface area (Å²) in [6.07, 6.45) is 7.57. The highest BCUT2D eigenvalue weighted by Gasteiger charge is 2.19. The number of carbonyl (C=O) groups excluding carboxylic acids is 1. The number of para-hydroxylation sites is 1. The number of aromatic nitrogens is 1. The van der Waals surface area contributed by atoms with Crippen LogP contribution in [0, 0.1) is 0 Å². The Morgan fingerprint density at radius 2 is 1.97 bits per heavy atom. The van der Waals surface area contributed by atoms with E-state index in [1.807, 2.05) is 88.2 Å². The first kappa shape index (κ1) is 24.3. The highest BCUT2D eigenvalue weighted by Crippen LogP contribution is 2.22. The van der Waals surface area contributed by atoms with Gasteiger partial charge >= 0.3 is 5.97 Å². The maximum absolute atomic E-state index is 12.3. The number of amidine groups is 1. The zero-order valence-corrected chi connectivity index (χ0v) is 19.8. The molecule has 0 bridgehead atoms. The predicted molar refractivity (Wildman–Crippen MR) is 135 cm³/mol. The van der Waals surface area contributed by atoms with Crippen LogP contribution < -0.4 is 15.5 Å². The molecule has 0 amide bonds. The second-order valence-electron chi connectivity index (χ2n) is 7.84. The maximum atomic E-state index is 12.3. The largest absolute Gasteiger partial charge is 0.459 e. The van der Waals surface area contributed by atoms with Crippen molar-refractivity contribution >= 4 is 53.0 Å². The second-order valence-corrected chi connectivity index (χ2v) is 8.78. The van der Waals surface area contributed by atoms with E-state index in [4.69, 9.17) is 9.73 Å². The van der Waals surface area contributed by atoms with Crippen LogP contribution in [0.1, 0.15) is 33.4 Å². The van der Waals surface area contributed by atoms with Gasteiger partial charge in [0.2, 0.25) is 0 Å². The van der Waals surface area contributed by atoms with Gasteiger partial charge in [-0.1, -0.05) is 61.3 Å². The maximum Gasteiger partial charge on any atom is 0.316 e. The van der Waals surface area contributed by atoms with Gasteiger partial charge in [0.15, 0.2) is 5.17 Å². The van der Waals surface area contributed by atoms with Gasteiger partial charge in [-0.2, -0.15) is 0 Å². The van der Waals surface area contributed by atoms with E-state index in [0.717, 1.165) is 27.6 Å². The molecular formula is C25H31N3O2S. The van der Waals surface area contributed by atoms with E-state index in [1.54, 1.807) is 6.08 Å². The Balaban J connectivity index is 2.52. The number of thioether (sulfide) groups is 1. The van der Waals surface area contributed by atoms with Crippen LogP contribution in [0.15, 0.2) is 54.1 Å². The standard InChI is InChI=1S/C25H31N3O2S/c1-8-10-16-20-18(3)26-21(9-2)23(20)27-24(28(7)19-14-12-11-13-15-19)31-17-22(29)30-25(4,5)6/h8-16,26H,2-3,17H2,1,4-7H3/b10-8-,20-16+,27-24?. The lowest BCUT2D eigenvalue weighted by molar-refractivity contribution is -0.151. The molecule has 0 atom stereocenters. The van der Waals surface area contributed by atoms with Crippen LogP contribution in [0.4, 0.5) is 11.4 Å². The Morgan fingerprint density at radius 1 is 1.29 bits per heavy atom. The summed E-state index contributed by atoms with van der Waals surface area (Å²) >= 11 is 1.33. The Bertz CT molecular complexity index is 1080. The summed E-state index contributed by atoms with van der Waals surface area (Å²) in [6, 6.07) is 9.88. The van der Waals surface area contributed by atoms with Gasteiger partial charge in [-0.25, -0.2) is 4.99 Å². The van der Waals surface area contributed by atoms with Crippen molar-refractivity contribution in [1.82, 2.24) is 4.98 Å². The van der Waals surface area contributed by atoms with Crippen LogP contribution in [0.2, 0.25) is 0 Å². The smallest absolute Gasteiger partial charge is 0.316 e. The Hall–Kier alpha value is -2.99. The van der Waals surface area contributed by atoms with Gasteiger partial charge in [-0.3, -0.25) is 4.79 Å². The molecule has 6 heteroatoms. The van der Waals surface area contributed by atoms with Gasteiger partial charge < -0.3 is 14.6 Å². The fourth-order valence-electron chi connectivity index (χ4n) is 2.77. The summed E-state index contributed by atoms with van der Waals surface area (Å²) in [5.41, 5.74) is 1.93. The number of ether oxygens (including phenoxy) is 1. The molecule has 1 N–H and O–H groups in total. The number of allylic oxidation sites excluding steroid dienone is 2. The average Bonchev–Trinajstić information content (AvgIpc) is 3.02. The molecule has 1 aromatic carbocycles. The van der Waals surface area contributed by atoms with Crippen LogP contribution in [-0.2, 0) is 9.53 Å². The van der Waals surface area contributed by atoms with Gasteiger partial charge in [-0.05, 0) is 45.9 Å². The summed E-state index contributed by atoms with van der Waals surface area (Å²) in [5, 5.41) is 2.30. The minimum absolute atomic E-state index is 0.145. The minimum atomic E-state index is -0.533. The molecule has 1 aromatic heterocycles. The molecule has 0 radical (unpaired) electrons. The first-order chi connectivity index (χ1) is 14.7. The Labute approximate surface area is 188 Å². The van der Waals surface area contributed by atoms with Gasteiger partial charge in [0.1, 0.15) is 5.60 Å². The van der Waals surface area contributed by atoms with Crippen LogP contribution in [0.25, 0.3) is 18.7 Å². The molecule has 0 spiro atoms. The highest BCUT2D eigenvalue weighted by molar-refractivity contribution is 8.14. The van der Waals surface area contributed by atoms with E-state index in [1.165, 1.54) is 11.8 Å². The van der Waals surface area contributed by atoms with Gasteiger partial charge in [0.25, 0.3) is 0 Å². The van der Waals surface area contributed by atoms with E-state index in [0.29, 0.717) is 5.17 Å². The number of esters is 1. The molecular weight excluding hydrogens is 406 g/mol. The quantitative estimate of drug-likeness (QED) is 0.407. The average molecular weight is 438 g/mol. The van der Waals surface area contributed by atoms with Crippen molar-refractivity contribution in [3.05, 3.63) is 65.3 Å². The number of benzene rings is 1. The second kappa shape index (κ2) is 10.9. The van der Waals surface area contributed by atoms with Crippen molar-refractivity contribution in [3.8, 4) is 0 Å². The molecule has 0 fully saturated rings. The Morgan fingerprint density at radius 3 is 2.55 bits per heavy atom. The Kier molecular flexibility index (Phi) is 8.51. The van der Waals surface area contributed by atoms with Gasteiger partial charge in [-0.15, -0.1) is 0 Å². The molecule has 0 saturated carbocycles. The fraction of sp³-hybridized carbons (Fsp3) is 0.280. The summed E-state index contributed by atoms with van der Waals surface area (Å²) in [5.74, 6) is -0.144. The zero-order chi connectivity index (χ0) is 23.0. The van der Waals surface area contributed by atoms with Crippen LogP contribution in [0.5, 0.6) is 0 Å². The van der Waals surface area contributed by atoms with E-state index in [9.17, 15) is 4.79 Å². The number of hydrogen-bond donors (Lipinski definition) is 1. The SMILES string of the molecule is C=Cc1[nH]c(=C)/c(=C\C=C/C)c1N=C(SCC(=O)OC(C)(C)C)N(C)c1ccccc1. The number of carbonyl (C=O) groups is 1. The molecule has 1 heterocycles. The molecule has 0 aliphatic heterocycles. The van der Waals surface area contributed by atoms with Gasteiger partial charge in [0.05, 0.1) is 17.1 Å². The summed E-state index contributed by atoms with van der Waals surface area (Å²) in [7, 11) is 1.93. The van der Waals surface area contributed by atoms with Crippen LogP contribution >= 0.6 is 11.8 Å². The molecule has 0 saturated heterocycles. The fourth-order valence-corrected chi connectivity index (χ4v) is 3.53. The first-order valence-electron chi connectivity index (χ1n) is 10.0. The van der Waals surface area contributed by atoms with Crippen molar-refractivity contribution in [2.75, 3.05) is 17.7 Å². The number of H-pyrrole nitrogens is 1. The minimum Gasteiger partial charge on any atom is -0.459 e. The van der Waals surface area contributed by atoms with Crippen LogP contribution in [0.3, 0.4) is 0 Å². The molecule has 164 valence electrons. The molecule has 2 aromatic rings. The van der Waals surface area contributed by atoms with Crippen molar-refractivity contribution < 1.29 is 9.53 Å². The summed E-state index contributed by atoms with van der Waals surface area (Å²) in [6.45, 7) is 15.5. The highest BCUT2D eigenvalue weighted by atomic mass is 32.2. The molecule has 0 aliphatic rings. The van der Waals surface area contributed by atoms with Crippen molar-refractivity contribution in [3.63, 3.8) is 0 Å². The number of aromatic amines is 1. The van der Waals surface area contributed by atoms with E-state index in [2.05, 4.69) is 18.1 Å². The number of nitrogens with one attached hydrogen (secondary N) is 1. The van der Waals surface area contributed by atoms with Crippen LogP contribution in [-0.4, -0.2) is 34.5 Å². The normalized spacial score (nSPS) is 12.9. The molecule has 31 heavy (non-hydrogen) atoms. The summed E-state index contributed by atoms with van der Waals surface area (Å²) < 4.78 is 5.47. The topological polar surface area (TPSA) is 57.7 Å². The number of anilines is 1. The van der Waals surface area contributed by atoms with Gasteiger partial charge in [0, 0.05) is 23.3 Å². The lowest BCUT2D eigenvalue weighted by atomic mass is 10.2. The van der Waals surface area contributed by atoms with E-state index < -0.39 is 5.60 Å². The molecule has 0 unspecified atom stereocenters. The third-order valence-corrected chi connectivity index (χ3v) is 5.16. The number of hydrogen-bond acceptors (Lipinski definition) is 4. The van der Waals surface area contributed by atoms with E-state index in [-0.39, 0.29) is 11.7 Å². The van der Waals surface area contributed by atoms with Crippen molar-refractivity contribution in [2.45, 2.75) is 33.3 Å². The van der Waals surface area contributed by atoms with Crippen molar-refractivity contribution in [1.29, 1.82) is 0 Å². The number of rotatable bonds is 6. The first-order valence-corrected chi connectivity index (χ1v) is 11.0. The van der Waals surface area contributed by atoms with Crippen molar-refractivity contribution in [2.24, 2.45) is 4.99 Å².